The molecule has 1 aliphatic rings. The van der Waals surface area contributed by atoms with E-state index >= 15 is 0 Å². The van der Waals surface area contributed by atoms with Crippen molar-refractivity contribution in [2.45, 2.75) is 10.2 Å². The summed E-state index contributed by atoms with van der Waals surface area (Å²) in [5, 5.41) is 0. The van der Waals surface area contributed by atoms with E-state index in [0.29, 0.717) is 9.65 Å². The van der Waals surface area contributed by atoms with Crippen LogP contribution in [0.3, 0.4) is 0 Å². The number of rotatable bonds is 1. The normalized spacial score (nSPS) is 19.4. The van der Waals surface area contributed by atoms with Crippen LogP contribution in [0.2, 0.25) is 0 Å². The molecule has 0 spiro atoms. The highest BCUT2D eigenvalue weighted by molar-refractivity contribution is 9.24. The summed E-state index contributed by atoms with van der Waals surface area (Å²) in [6.07, 6.45) is 9.85. The Morgan fingerprint density at radius 1 is 1.22 bits per heavy atom. The van der Waals surface area contributed by atoms with Crippen LogP contribution in [-0.4, -0.2) is 3.74 Å². The third-order valence-corrected chi connectivity index (χ3v) is 2.50. The Labute approximate surface area is 72.3 Å². The second-order valence-electron chi connectivity index (χ2n) is 2.00. The summed E-state index contributed by atoms with van der Waals surface area (Å²) in [4.78, 5) is 0. The van der Waals surface area contributed by atoms with Gasteiger partial charge in [-0.1, -0.05) is 56.2 Å². The molecule has 0 amide bonds. The maximum atomic E-state index is 3.45. The average Bonchev–Trinajstić information content (AvgIpc) is 1.90. The topological polar surface area (TPSA) is 0 Å². The van der Waals surface area contributed by atoms with Crippen molar-refractivity contribution >= 4 is 31.9 Å². The number of hydrogen-bond acceptors (Lipinski definition) is 0. The summed E-state index contributed by atoms with van der Waals surface area (Å²) in [5.74, 6) is 0.527. The van der Waals surface area contributed by atoms with E-state index in [2.05, 4.69) is 56.2 Å². The van der Waals surface area contributed by atoms with Gasteiger partial charge in [0.05, 0.1) is 3.74 Å². The zero-order valence-corrected chi connectivity index (χ0v) is 8.10. The molecule has 1 rings (SSSR count). The first-order chi connectivity index (χ1) is 4.30. The first-order valence-electron chi connectivity index (χ1n) is 2.92. The summed E-state index contributed by atoms with van der Waals surface area (Å²) < 4.78 is 0.387. The Balaban J connectivity index is 2.49. The van der Waals surface area contributed by atoms with Gasteiger partial charge in [0, 0.05) is 5.92 Å². The molecule has 0 atom stereocenters. The Kier molecular flexibility index (Phi) is 2.99. The second-order valence-corrected chi connectivity index (χ2v) is 5.21. The van der Waals surface area contributed by atoms with Crippen molar-refractivity contribution in [1.29, 1.82) is 0 Å². The minimum atomic E-state index is 0.387. The molecule has 2 heteroatoms. The molecule has 0 radical (unpaired) electrons. The standard InChI is InChI=1S/C7H8Br2/c8-7(9)6-4-2-1-3-5-6/h2-7H,1H2. The lowest BCUT2D eigenvalue weighted by atomic mass is 10.1. The van der Waals surface area contributed by atoms with Gasteiger partial charge in [0.25, 0.3) is 0 Å². The van der Waals surface area contributed by atoms with Crippen LogP contribution in [0.1, 0.15) is 6.42 Å². The first-order valence-corrected chi connectivity index (χ1v) is 4.75. The monoisotopic (exact) mass is 250 g/mol. The average molecular weight is 252 g/mol. The molecule has 50 valence electrons. The van der Waals surface area contributed by atoms with Gasteiger partial charge < -0.3 is 0 Å². The molecule has 0 aromatic rings. The van der Waals surface area contributed by atoms with Crippen molar-refractivity contribution in [2.75, 3.05) is 0 Å². The minimum absolute atomic E-state index is 0.387. The van der Waals surface area contributed by atoms with Gasteiger partial charge in [-0.15, -0.1) is 0 Å². The van der Waals surface area contributed by atoms with Crippen LogP contribution in [0, 0.1) is 5.92 Å². The molecule has 0 aromatic carbocycles. The summed E-state index contributed by atoms with van der Waals surface area (Å²) in [6.45, 7) is 0. The molecule has 0 aromatic heterocycles. The van der Waals surface area contributed by atoms with Gasteiger partial charge in [0.2, 0.25) is 0 Å². The molecule has 0 saturated carbocycles. The van der Waals surface area contributed by atoms with E-state index in [1.165, 1.54) is 0 Å². The van der Waals surface area contributed by atoms with Crippen LogP contribution < -0.4 is 0 Å². The number of allylic oxidation sites excluding steroid dienone is 4. The highest BCUT2D eigenvalue weighted by Gasteiger charge is 2.09. The molecule has 1 aliphatic carbocycles. The maximum Gasteiger partial charge on any atom is 0.0794 e. The summed E-state index contributed by atoms with van der Waals surface area (Å²) in [7, 11) is 0. The minimum Gasteiger partial charge on any atom is -0.0841 e. The van der Waals surface area contributed by atoms with Gasteiger partial charge in [-0.2, -0.15) is 0 Å². The van der Waals surface area contributed by atoms with Crippen molar-refractivity contribution in [3.8, 4) is 0 Å². The van der Waals surface area contributed by atoms with Crippen LogP contribution in [0.5, 0.6) is 0 Å². The zero-order chi connectivity index (χ0) is 6.69. The van der Waals surface area contributed by atoms with E-state index in [1.54, 1.807) is 0 Å². The third kappa shape index (κ3) is 2.26. The molecule has 9 heavy (non-hydrogen) atoms. The lowest BCUT2D eigenvalue weighted by Crippen LogP contribution is -2.02. The lowest BCUT2D eigenvalue weighted by Gasteiger charge is -2.10. The molecule has 0 bridgehead atoms. The summed E-state index contributed by atoms with van der Waals surface area (Å²) in [6, 6.07) is 0. The summed E-state index contributed by atoms with van der Waals surface area (Å²) in [5.41, 5.74) is 0. The van der Waals surface area contributed by atoms with Gasteiger partial charge in [-0.3, -0.25) is 0 Å². The molecule has 0 N–H and O–H groups in total. The summed E-state index contributed by atoms with van der Waals surface area (Å²) >= 11 is 6.90. The Morgan fingerprint density at radius 2 is 1.78 bits per heavy atom. The Morgan fingerprint density at radius 3 is 2.11 bits per heavy atom. The fourth-order valence-electron chi connectivity index (χ4n) is 0.782. The van der Waals surface area contributed by atoms with Crippen molar-refractivity contribution < 1.29 is 0 Å². The van der Waals surface area contributed by atoms with Crippen molar-refractivity contribution in [3.05, 3.63) is 24.3 Å². The van der Waals surface area contributed by atoms with Gasteiger partial charge in [-0.05, 0) is 6.42 Å². The van der Waals surface area contributed by atoms with Crippen LogP contribution >= 0.6 is 31.9 Å². The van der Waals surface area contributed by atoms with E-state index in [-0.39, 0.29) is 0 Å². The molecule has 0 saturated heterocycles. The Bertz CT molecular complexity index is 124. The Hall–Kier alpha value is 0.440. The molecular formula is C7H8Br2. The number of halogens is 2. The van der Waals surface area contributed by atoms with E-state index in [4.69, 9.17) is 0 Å². The molecule has 0 nitrogen and oxygen atoms in total. The third-order valence-electron chi connectivity index (χ3n) is 1.28. The van der Waals surface area contributed by atoms with Gasteiger partial charge >= 0.3 is 0 Å². The van der Waals surface area contributed by atoms with Crippen LogP contribution in [0.15, 0.2) is 24.3 Å². The van der Waals surface area contributed by atoms with Crippen LogP contribution in [0.25, 0.3) is 0 Å². The molecule has 0 fully saturated rings. The van der Waals surface area contributed by atoms with Crippen LogP contribution in [-0.2, 0) is 0 Å². The fraction of sp³-hybridized carbons (Fsp3) is 0.429. The zero-order valence-electron chi connectivity index (χ0n) is 4.93. The SMILES string of the molecule is BrC(Br)C1C=CCC=C1. The smallest absolute Gasteiger partial charge is 0.0794 e. The predicted octanol–water partition coefficient (Wildman–Crippen LogP) is 3.23. The van der Waals surface area contributed by atoms with Crippen molar-refractivity contribution in [3.63, 3.8) is 0 Å². The highest BCUT2D eigenvalue weighted by atomic mass is 79.9. The van der Waals surface area contributed by atoms with Crippen LogP contribution in [0.4, 0.5) is 0 Å². The number of alkyl halides is 2. The fourth-order valence-corrected chi connectivity index (χ4v) is 1.49. The van der Waals surface area contributed by atoms with E-state index < -0.39 is 0 Å². The quantitative estimate of drug-likeness (QED) is 0.496. The predicted molar refractivity (Wildman–Crippen MR) is 48.0 cm³/mol. The molecule has 0 unspecified atom stereocenters. The molecule has 0 heterocycles. The van der Waals surface area contributed by atoms with Gasteiger partial charge in [0.1, 0.15) is 0 Å². The lowest BCUT2D eigenvalue weighted by molar-refractivity contribution is 0.906. The molecular weight excluding hydrogens is 244 g/mol. The second kappa shape index (κ2) is 3.57. The van der Waals surface area contributed by atoms with Crippen molar-refractivity contribution in [2.24, 2.45) is 5.92 Å². The molecule has 0 aliphatic heterocycles. The maximum absolute atomic E-state index is 3.45. The number of hydrogen-bond donors (Lipinski definition) is 0. The van der Waals surface area contributed by atoms with E-state index in [9.17, 15) is 0 Å². The van der Waals surface area contributed by atoms with E-state index in [0.717, 1.165) is 6.42 Å². The van der Waals surface area contributed by atoms with Gasteiger partial charge in [0.15, 0.2) is 0 Å². The first kappa shape index (κ1) is 7.55. The largest absolute Gasteiger partial charge is 0.0841 e. The van der Waals surface area contributed by atoms with Crippen molar-refractivity contribution in [1.82, 2.24) is 0 Å². The highest BCUT2D eigenvalue weighted by Crippen LogP contribution is 2.24. The van der Waals surface area contributed by atoms with E-state index in [1.807, 2.05) is 0 Å². The van der Waals surface area contributed by atoms with Gasteiger partial charge in [-0.25, -0.2) is 0 Å².